The maximum absolute atomic E-state index is 11.7. The lowest BCUT2D eigenvalue weighted by Gasteiger charge is -2.06. The van der Waals surface area contributed by atoms with E-state index in [0.717, 1.165) is 9.54 Å². The van der Waals surface area contributed by atoms with Crippen LogP contribution in [-0.2, 0) is 0 Å². The fourth-order valence-electron chi connectivity index (χ4n) is 1.38. The van der Waals surface area contributed by atoms with E-state index in [1.807, 2.05) is 35.7 Å². The van der Waals surface area contributed by atoms with Gasteiger partial charge in [-0.15, -0.1) is 11.3 Å². The van der Waals surface area contributed by atoms with Gasteiger partial charge in [-0.1, -0.05) is 18.2 Å². The van der Waals surface area contributed by atoms with Crippen molar-refractivity contribution in [3.8, 4) is 5.75 Å². The molecule has 1 amide bonds. The molecular formula is C13H12BrNO2S. The molecule has 0 atom stereocenters. The zero-order chi connectivity index (χ0) is 12.8. The zero-order valence-corrected chi connectivity index (χ0v) is 12.0. The van der Waals surface area contributed by atoms with E-state index in [1.165, 1.54) is 11.3 Å². The van der Waals surface area contributed by atoms with Gasteiger partial charge in [0.15, 0.2) is 0 Å². The highest BCUT2D eigenvalue weighted by Gasteiger charge is 2.06. The summed E-state index contributed by atoms with van der Waals surface area (Å²) in [5.74, 6) is 0.735. The number of amides is 1. The lowest BCUT2D eigenvalue weighted by molar-refractivity contribution is 0.0947. The van der Waals surface area contributed by atoms with Crippen LogP contribution in [0.5, 0.6) is 5.75 Å². The monoisotopic (exact) mass is 325 g/mol. The normalized spacial score (nSPS) is 10.1. The minimum absolute atomic E-state index is 0.0754. The molecule has 0 fully saturated rings. The Balaban J connectivity index is 1.71. The second kappa shape index (κ2) is 6.56. The summed E-state index contributed by atoms with van der Waals surface area (Å²) in [4.78, 5) is 11.7. The van der Waals surface area contributed by atoms with Crippen LogP contribution >= 0.6 is 27.3 Å². The molecule has 5 heteroatoms. The first-order valence-corrected chi connectivity index (χ1v) is 7.13. The van der Waals surface area contributed by atoms with Crippen LogP contribution in [-0.4, -0.2) is 19.1 Å². The fraction of sp³-hybridized carbons (Fsp3) is 0.154. The molecule has 1 aromatic heterocycles. The Bertz CT molecular complexity index is 513. The number of benzene rings is 1. The predicted molar refractivity (Wildman–Crippen MR) is 76.3 cm³/mol. The molecule has 1 heterocycles. The van der Waals surface area contributed by atoms with Crippen LogP contribution in [0.1, 0.15) is 10.4 Å². The van der Waals surface area contributed by atoms with E-state index < -0.39 is 0 Å². The summed E-state index contributed by atoms with van der Waals surface area (Å²) in [6, 6.07) is 11.3. The van der Waals surface area contributed by atoms with E-state index >= 15 is 0 Å². The number of carbonyl (C=O) groups excluding carboxylic acids is 1. The molecule has 0 saturated carbocycles. The van der Waals surface area contributed by atoms with Crippen LogP contribution in [0.4, 0.5) is 0 Å². The van der Waals surface area contributed by atoms with E-state index in [1.54, 1.807) is 6.07 Å². The Morgan fingerprint density at radius 3 is 2.78 bits per heavy atom. The Morgan fingerprint density at radius 2 is 2.11 bits per heavy atom. The summed E-state index contributed by atoms with van der Waals surface area (Å²) in [7, 11) is 0. The number of rotatable bonds is 5. The molecular weight excluding hydrogens is 314 g/mol. The minimum atomic E-state index is -0.0754. The van der Waals surface area contributed by atoms with Crippen LogP contribution in [0.25, 0.3) is 0 Å². The molecule has 0 aliphatic rings. The van der Waals surface area contributed by atoms with E-state index in [-0.39, 0.29) is 5.91 Å². The standard InChI is InChI=1S/C13H12BrNO2S/c14-12-8-10(9-18-12)13(16)15-6-7-17-11-4-2-1-3-5-11/h1-5,8-9H,6-7H2,(H,15,16). The SMILES string of the molecule is O=C(NCCOc1ccccc1)c1csc(Br)c1. The largest absolute Gasteiger partial charge is 0.492 e. The lowest BCUT2D eigenvalue weighted by Crippen LogP contribution is -2.27. The predicted octanol–water partition coefficient (Wildman–Crippen LogP) is 3.32. The van der Waals surface area contributed by atoms with Crippen molar-refractivity contribution in [2.75, 3.05) is 13.2 Å². The number of nitrogens with one attached hydrogen (secondary N) is 1. The molecule has 1 aromatic carbocycles. The van der Waals surface area contributed by atoms with Crippen molar-refractivity contribution in [3.63, 3.8) is 0 Å². The molecule has 3 nitrogen and oxygen atoms in total. The Hall–Kier alpha value is -1.33. The lowest BCUT2D eigenvalue weighted by atomic mass is 10.3. The van der Waals surface area contributed by atoms with E-state index in [4.69, 9.17) is 4.74 Å². The molecule has 1 N–H and O–H groups in total. The van der Waals surface area contributed by atoms with Crippen LogP contribution in [0.2, 0.25) is 0 Å². The van der Waals surface area contributed by atoms with Crippen LogP contribution < -0.4 is 10.1 Å². The van der Waals surface area contributed by atoms with E-state index in [0.29, 0.717) is 18.7 Å². The summed E-state index contributed by atoms with van der Waals surface area (Å²) < 4.78 is 6.43. The van der Waals surface area contributed by atoms with Gasteiger partial charge in [0.2, 0.25) is 0 Å². The number of para-hydroxylation sites is 1. The molecule has 0 spiro atoms. The third-order valence-corrected chi connectivity index (χ3v) is 3.73. The number of hydrogen-bond donors (Lipinski definition) is 1. The summed E-state index contributed by atoms with van der Waals surface area (Å²) in [5, 5.41) is 4.62. The third-order valence-electron chi connectivity index (χ3n) is 2.23. The van der Waals surface area contributed by atoms with Gasteiger partial charge in [0, 0.05) is 5.38 Å². The van der Waals surface area contributed by atoms with Gasteiger partial charge in [0.05, 0.1) is 15.9 Å². The molecule has 0 bridgehead atoms. The van der Waals surface area contributed by atoms with Crippen molar-refractivity contribution in [2.24, 2.45) is 0 Å². The highest BCUT2D eigenvalue weighted by Crippen LogP contribution is 2.20. The highest BCUT2D eigenvalue weighted by atomic mass is 79.9. The second-order valence-electron chi connectivity index (χ2n) is 3.56. The number of carbonyl (C=O) groups is 1. The van der Waals surface area contributed by atoms with E-state index in [2.05, 4.69) is 21.2 Å². The topological polar surface area (TPSA) is 38.3 Å². The van der Waals surface area contributed by atoms with Gasteiger partial charge in [-0.25, -0.2) is 0 Å². The summed E-state index contributed by atoms with van der Waals surface area (Å²) in [5.41, 5.74) is 0.673. The van der Waals surface area contributed by atoms with Crippen molar-refractivity contribution in [1.82, 2.24) is 5.32 Å². The number of halogens is 1. The van der Waals surface area contributed by atoms with Crippen molar-refractivity contribution in [2.45, 2.75) is 0 Å². The van der Waals surface area contributed by atoms with Gasteiger partial charge in [0.1, 0.15) is 12.4 Å². The van der Waals surface area contributed by atoms with Gasteiger partial charge >= 0.3 is 0 Å². The molecule has 18 heavy (non-hydrogen) atoms. The summed E-state index contributed by atoms with van der Waals surface area (Å²) in [6.45, 7) is 0.947. The van der Waals surface area contributed by atoms with Gasteiger partial charge in [-0.2, -0.15) is 0 Å². The molecule has 0 aliphatic carbocycles. The molecule has 0 radical (unpaired) electrons. The van der Waals surface area contributed by atoms with Gasteiger partial charge < -0.3 is 10.1 Å². The first kappa shape index (κ1) is 13.1. The quantitative estimate of drug-likeness (QED) is 0.856. The summed E-state index contributed by atoms with van der Waals surface area (Å²) >= 11 is 4.82. The van der Waals surface area contributed by atoms with Gasteiger partial charge in [-0.05, 0) is 34.1 Å². The van der Waals surface area contributed by atoms with Gasteiger partial charge in [-0.3, -0.25) is 4.79 Å². The molecule has 2 aromatic rings. The second-order valence-corrected chi connectivity index (χ2v) is 5.85. The van der Waals surface area contributed by atoms with Crippen LogP contribution in [0.3, 0.4) is 0 Å². The van der Waals surface area contributed by atoms with E-state index in [9.17, 15) is 4.79 Å². The zero-order valence-electron chi connectivity index (χ0n) is 9.56. The highest BCUT2D eigenvalue weighted by molar-refractivity contribution is 9.11. The third kappa shape index (κ3) is 3.85. The Labute approximate surface area is 118 Å². The smallest absolute Gasteiger partial charge is 0.252 e. The number of thiophene rings is 1. The molecule has 0 aliphatic heterocycles. The minimum Gasteiger partial charge on any atom is -0.492 e. The van der Waals surface area contributed by atoms with Crippen molar-refractivity contribution in [1.29, 1.82) is 0 Å². The summed E-state index contributed by atoms with van der Waals surface area (Å²) in [6.07, 6.45) is 0. The van der Waals surface area contributed by atoms with Crippen LogP contribution in [0.15, 0.2) is 45.6 Å². The first-order chi connectivity index (χ1) is 8.75. The molecule has 2 rings (SSSR count). The average Bonchev–Trinajstić information content (AvgIpc) is 2.82. The average molecular weight is 326 g/mol. The molecule has 94 valence electrons. The van der Waals surface area contributed by atoms with Gasteiger partial charge in [0.25, 0.3) is 5.91 Å². The molecule has 0 saturated heterocycles. The maximum Gasteiger partial charge on any atom is 0.252 e. The van der Waals surface area contributed by atoms with Crippen molar-refractivity contribution < 1.29 is 9.53 Å². The maximum atomic E-state index is 11.7. The number of ether oxygens (including phenoxy) is 1. The van der Waals surface area contributed by atoms with Crippen molar-refractivity contribution >= 4 is 33.2 Å². The number of hydrogen-bond acceptors (Lipinski definition) is 3. The molecule has 0 unspecified atom stereocenters. The fourth-order valence-corrected chi connectivity index (χ4v) is 2.52. The Kier molecular flexibility index (Phi) is 4.78. The van der Waals surface area contributed by atoms with Crippen molar-refractivity contribution in [3.05, 3.63) is 51.1 Å². The van der Waals surface area contributed by atoms with Crippen LogP contribution in [0, 0.1) is 0 Å². The first-order valence-electron chi connectivity index (χ1n) is 5.46. The Morgan fingerprint density at radius 1 is 1.33 bits per heavy atom.